The van der Waals surface area contributed by atoms with Gasteiger partial charge in [-0.1, -0.05) is 19.9 Å². The van der Waals surface area contributed by atoms with Crippen LogP contribution in [0.2, 0.25) is 0 Å². The molecular weight excluding hydrogens is 295 g/mol. The minimum Gasteiger partial charge on any atom is -0.444 e. The van der Waals surface area contributed by atoms with Gasteiger partial charge in [-0.2, -0.15) is 0 Å². The molecule has 2 N–H and O–H groups in total. The molecule has 130 valence electrons. The summed E-state index contributed by atoms with van der Waals surface area (Å²) in [6, 6.07) is 5.11. The van der Waals surface area contributed by atoms with Crippen LogP contribution in [0.5, 0.6) is 0 Å². The van der Waals surface area contributed by atoms with E-state index < -0.39 is 11.7 Å². The Labute approximate surface area is 138 Å². The zero-order chi connectivity index (χ0) is 17.6. The fourth-order valence-electron chi connectivity index (χ4n) is 2.08. The Bertz CT molecular complexity index is 524. The summed E-state index contributed by atoms with van der Waals surface area (Å²) in [4.78, 5) is 11.7. The maximum atomic E-state index is 13.8. The number of amides is 1. The molecule has 1 amide bonds. The lowest BCUT2D eigenvalue weighted by Crippen LogP contribution is -2.38. The Hall–Kier alpha value is -1.78. The van der Waals surface area contributed by atoms with Crippen LogP contribution in [0.15, 0.2) is 18.2 Å². The molecule has 0 radical (unpaired) electrons. The van der Waals surface area contributed by atoms with Crippen molar-refractivity contribution in [1.82, 2.24) is 5.32 Å². The summed E-state index contributed by atoms with van der Waals surface area (Å²) in [5.74, 6) is 0.252. The quantitative estimate of drug-likeness (QED) is 0.818. The summed E-state index contributed by atoms with van der Waals surface area (Å²) in [6.45, 7) is 12.6. The molecule has 0 spiro atoms. The Morgan fingerprint density at radius 3 is 2.43 bits per heavy atom. The third kappa shape index (κ3) is 7.35. The normalized spacial score (nSPS) is 12.9. The average molecular weight is 324 g/mol. The largest absolute Gasteiger partial charge is 0.444 e. The van der Waals surface area contributed by atoms with Gasteiger partial charge in [0, 0.05) is 13.1 Å². The SMILES string of the molecule is Cc1ccc(NCC(CNC(=O)OC(C)(C)C)C(C)C)c(F)c1. The summed E-state index contributed by atoms with van der Waals surface area (Å²) in [5, 5.41) is 5.91. The number of ether oxygens (including phenoxy) is 1. The molecule has 23 heavy (non-hydrogen) atoms. The van der Waals surface area contributed by atoms with Crippen LogP contribution in [-0.4, -0.2) is 24.8 Å². The van der Waals surface area contributed by atoms with Crippen LogP contribution in [0.3, 0.4) is 0 Å². The molecule has 1 rings (SSSR count). The number of aryl methyl sites for hydroxylation is 1. The van der Waals surface area contributed by atoms with Gasteiger partial charge in [0.05, 0.1) is 5.69 Å². The zero-order valence-corrected chi connectivity index (χ0v) is 15.0. The number of carbonyl (C=O) groups is 1. The number of carbonyl (C=O) groups excluding carboxylic acids is 1. The monoisotopic (exact) mass is 324 g/mol. The molecule has 0 bridgehead atoms. The first-order valence-electron chi connectivity index (χ1n) is 8.05. The van der Waals surface area contributed by atoms with Gasteiger partial charge in [-0.05, 0) is 57.2 Å². The number of alkyl carbamates (subject to hydrolysis) is 1. The van der Waals surface area contributed by atoms with Crippen LogP contribution < -0.4 is 10.6 Å². The molecule has 0 saturated carbocycles. The van der Waals surface area contributed by atoms with Crippen molar-refractivity contribution >= 4 is 11.8 Å². The van der Waals surface area contributed by atoms with Crippen LogP contribution >= 0.6 is 0 Å². The van der Waals surface area contributed by atoms with Crippen molar-refractivity contribution in [2.45, 2.75) is 47.1 Å². The van der Waals surface area contributed by atoms with Gasteiger partial charge in [-0.15, -0.1) is 0 Å². The van der Waals surface area contributed by atoms with E-state index in [4.69, 9.17) is 4.74 Å². The molecule has 1 aromatic carbocycles. The first-order chi connectivity index (χ1) is 10.6. The van der Waals surface area contributed by atoms with Crippen LogP contribution in [0.4, 0.5) is 14.9 Å². The number of hydrogen-bond acceptors (Lipinski definition) is 3. The van der Waals surface area contributed by atoms with Crippen molar-refractivity contribution in [3.63, 3.8) is 0 Å². The number of benzene rings is 1. The van der Waals surface area contributed by atoms with E-state index in [1.807, 2.05) is 33.8 Å². The molecule has 1 aromatic rings. The topological polar surface area (TPSA) is 50.4 Å². The number of anilines is 1. The highest BCUT2D eigenvalue weighted by Gasteiger charge is 2.19. The van der Waals surface area contributed by atoms with Gasteiger partial charge in [0.1, 0.15) is 11.4 Å². The van der Waals surface area contributed by atoms with Crippen LogP contribution in [0.25, 0.3) is 0 Å². The van der Waals surface area contributed by atoms with Gasteiger partial charge >= 0.3 is 6.09 Å². The Morgan fingerprint density at radius 1 is 1.26 bits per heavy atom. The smallest absolute Gasteiger partial charge is 0.407 e. The van der Waals surface area contributed by atoms with Gasteiger partial charge < -0.3 is 15.4 Å². The van der Waals surface area contributed by atoms with E-state index in [9.17, 15) is 9.18 Å². The Morgan fingerprint density at radius 2 is 1.91 bits per heavy atom. The third-order valence-electron chi connectivity index (χ3n) is 3.53. The van der Waals surface area contributed by atoms with Crippen molar-refractivity contribution in [2.24, 2.45) is 11.8 Å². The first-order valence-corrected chi connectivity index (χ1v) is 8.05. The number of nitrogens with one attached hydrogen (secondary N) is 2. The summed E-state index contributed by atoms with van der Waals surface area (Å²) < 4.78 is 19.1. The number of rotatable bonds is 6. The van der Waals surface area contributed by atoms with E-state index in [1.54, 1.807) is 6.07 Å². The fraction of sp³-hybridized carbons (Fsp3) is 0.611. The van der Waals surface area contributed by atoms with Crippen LogP contribution in [-0.2, 0) is 4.74 Å². The van der Waals surface area contributed by atoms with Crippen molar-refractivity contribution in [3.8, 4) is 0 Å². The molecule has 5 heteroatoms. The first kappa shape index (κ1) is 19.3. The highest BCUT2D eigenvalue weighted by Crippen LogP contribution is 2.18. The minimum atomic E-state index is -0.513. The molecule has 1 atom stereocenters. The maximum Gasteiger partial charge on any atom is 0.407 e. The van der Waals surface area contributed by atoms with E-state index in [-0.39, 0.29) is 11.7 Å². The van der Waals surface area contributed by atoms with E-state index >= 15 is 0 Å². The minimum absolute atomic E-state index is 0.170. The van der Waals surface area contributed by atoms with E-state index in [1.165, 1.54) is 6.07 Å². The molecule has 0 fully saturated rings. The van der Waals surface area contributed by atoms with Gasteiger partial charge in [0.25, 0.3) is 0 Å². The Balaban J connectivity index is 2.54. The lowest BCUT2D eigenvalue weighted by molar-refractivity contribution is 0.0516. The van der Waals surface area contributed by atoms with Gasteiger partial charge in [0.2, 0.25) is 0 Å². The van der Waals surface area contributed by atoms with E-state index in [0.29, 0.717) is 24.7 Å². The molecular formula is C18H29FN2O2. The molecule has 0 aliphatic carbocycles. The highest BCUT2D eigenvalue weighted by molar-refractivity contribution is 5.67. The summed E-state index contributed by atoms with van der Waals surface area (Å²) >= 11 is 0. The van der Waals surface area contributed by atoms with Crippen molar-refractivity contribution in [3.05, 3.63) is 29.6 Å². The van der Waals surface area contributed by atoms with E-state index in [0.717, 1.165) is 5.56 Å². The summed E-state index contributed by atoms with van der Waals surface area (Å²) in [6.07, 6.45) is -0.426. The molecule has 0 heterocycles. The van der Waals surface area contributed by atoms with Crippen LogP contribution in [0, 0.1) is 24.6 Å². The number of hydrogen-bond donors (Lipinski definition) is 2. The second kappa shape index (κ2) is 8.18. The molecule has 0 aliphatic heterocycles. The lowest BCUT2D eigenvalue weighted by atomic mass is 9.95. The maximum absolute atomic E-state index is 13.8. The lowest BCUT2D eigenvalue weighted by Gasteiger charge is -2.24. The Kier molecular flexibility index (Phi) is 6.85. The van der Waals surface area contributed by atoms with Gasteiger partial charge in [-0.25, -0.2) is 9.18 Å². The second-order valence-corrected chi connectivity index (χ2v) is 7.25. The molecule has 0 aromatic heterocycles. The van der Waals surface area contributed by atoms with Crippen molar-refractivity contribution in [2.75, 3.05) is 18.4 Å². The summed E-state index contributed by atoms with van der Waals surface area (Å²) in [5.41, 5.74) is 0.860. The molecule has 4 nitrogen and oxygen atoms in total. The zero-order valence-electron chi connectivity index (χ0n) is 15.0. The number of halogens is 1. The second-order valence-electron chi connectivity index (χ2n) is 7.25. The fourth-order valence-corrected chi connectivity index (χ4v) is 2.08. The van der Waals surface area contributed by atoms with Crippen LogP contribution in [0.1, 0.15) is 40.2 Å². The molecule has 1 unspecified atom stereocenters. The van der Waals surface area contributed by atoms with Crippen molar-refractivity contribution in [1.29, 1.82) is 0 Å². The third-order valence-corrected chi connectivity index (χ3v) is 3.53. The van der Waals surface area contributed by atoms with Gasteiger partial charge in [-0.3, -0.25) is 0 Å². The average Bonchev–Trinajstić information content (AvgIpc) is 2.38. The van der Waals surface area contributed by atoms with E-state index in [2.05, 4.69) is 24.5 Å². The predicted octanol–water partition coefficient (Wildman–Crippen LogP) is 4.34. The molecule has 0 saturated heterocycles. The molecule has 0 aliphatic rings. The van der Waals surface area contributed by atoms with Crippen molar-refractivity contribution < 1.29 is 13.9 Å². The predicted molar refractivity (Wildman–Crippen MR) is 92.2 cm³/mol. The summed E-state index contributed by atoms with van der Waals surface area (Å²) in [7, 11) is 0. The van der Waals surface area contributed by atoms with Gasteiger partial charge in [0.15, 0.2) is 0 Å². The highest BCUT2D eigenvalue weighted by atomic mass is 19.1. The standard InChI is InChI=1S/C18H29FN2O2/c1-12(2)14(11-21-17(22)23-18(4,5)6)10-20-16-8-7-13(3)9-15(16)19/h7-9,12,14,20H,10-11H2,1-6H3,(H,21,22).